The van der Waals surface area contributed by atoms with Gasteiger partial charge in [-0.3, -0.25) is 0 Å². The Morgan fingerprint density at radius 1 is 1.47 bits per heavy atom. The van der Waals surface area contributed by atoms with Crippen molar-refractivity contribution in [3.05, 3.63) is 35.6 Å². The van der Waals surface area contributed by atoms with Crippen LogP contribution in [-0.4, -0.2) is 22.2 Å². The van der Waals surface area contributed by atoms with Gasteiger partial charge in [-0.15, -0.1) is 0 Å². The molecule has 0 aromatic heterocycles. The van der Waals surface area contributed by atoms with E-state index in [1.165, 1.54) is 6.07 Å². The fraction of sp³-hybridized carbons (Fsp3) is 0.300. The largest absolute Gasteiger partial charge is 0.391 e. The Morgan fingerprint density at radius 2 is 2.07 bits per heavy atom. The number of rotatable bonds is 4. The van der Waals surface area contributed by atoms with Crippen molar-refractivity contribution in [3.8, 4) is 0 Å². The second-order valence-corrected chi connectivity index (χ2v) is 3.78. The van der Waals surface area contributed by atoms with E-state index in [0.29, 0.717) is 5.56 Å². The molecule has 0 saturated heterocycles. The fourth-order valence-electron chi connectivity index (χ4n) is 1.24. The van der Waals surface area contributed by atoms with E-state index in [9.17, 15) is 9.50 Å². The van der Waals surface area contributed by atoms with Crippen molar-refractivity contribution < 1.29 is 9.50 Å². The normalized spacial score (nSPS) is 14.6. The Balaban J connectivity index is 2.70. The highest BCUT2D eigenvalue weighted by Crippen LogP contribution is 2.09. The number of nitrogens with two attached hydrogens (primary N) is 2. The lowest BCUT2D eigenvalue weighted by atomic mass is 10.0. The van der Waals surface area contributed by atoms with E-state index in [-0.39, 0.29) is 17.2 Å². The fourth-order valence-corrected chi connectivity index (χ4v) is 1.42. The zero-order chi connectivity index (χ0) is 11.4. The van der Waals surface area contributed by atoms with E-state index >= 15 is 0 Å². The van der Waals surface area contributed by atoms with Crippen LogP contribution in [0.15, 0.2) is 24.3 Å². The number of hydrogen-bond donors (Lipinski definition) is 3. The topological polar surface area (TPSA) is 72.3 Å². The first-order valence-corrected chi connectivity index (χ1v) is 4.89. The summed E-state index contributed by atoms with van der Waals surface area (Å²) in [5.41, 5.74) is 11.3. The van der Waals surface area contributed by atoms with Crippen molar-refractivity contribution in [2.24, 2.45) is 11.5 Å². The molecule has 0 aliphatic heterocycles. The SMILES string of the molecule is NC(=S)C(O)[C@@H](N)Cc1ccccc1F. The summed E-state index contributed by atoms with van der Waals surface area (Å²) in [5, 5.41) is 9.43. The van der Waals surface area contributed by atoms with Gasteiger partial charge < -0.3 is 16.6 Å². The highest BCUT2D eigenvalue weighted by molar-refractivity contribution is 7.80. The molecule has 1 rings (SSSR count). The van der Waals surface area contributed by atoms with Crippen LogP contribution in [0.25, 0.3) is 0 Å². The average molecular weight is 228 g/mol. The number of halogens is 1. The molecule has 0 bridgehead atoms. The Morgan fingerprint density at radius 3 is 2.60 bits per heavy atom. The van der Waals surface area contributed by atoms with Crippen LogP contribution >= 0.6 is 12.2 Å². The molecule has 0 aliphatic rings. The lowest BCUT2D eigenvalue weighted by Crippen LogP contribution is -2.44. The van der Waals surface area contributed by atoms with E-state index in [0.717, 1.165) is 0 Å². The minimum Gasteiger partial charge on any atom is -0.391 e. The average Bonchev–Trinajstić information content (AvgIpc) is 2.20. The molecule has 1 aromatic rings. The molecule has 3 nitrogen and oxygen atoms in total. The van der Waals surface area contributed by atoms with E-state index in [2.05, 4.69) is 12.2 Å². The Hall–Kier alpha value is -1.04. The smallest absolute Gasteiger partial charge is 0.126 e. The molecule has 2 atom stereocenters. The van der Waals surface area contributed by atoms with Crippen molar-refractivity contribution in [2.75, 3.05) is 0 Å². The molecular weight excluding hydrogens is 215 g/mol. The summed E-state index contributed by atoms with van der Waals surface area (Å²) in [4.78, 5) is -0.0705. The third kappa shape index (κ3) is 3.23. The molecule has 1 aromatic carbocycles. The van der Waals surface area contributed by atoms with Crippen molar-refractivity contribution in [1.29, 1.82) is 0 Å². The number of aliphatic hydroxyl groups excluding tert-OH is 1. The maximum absolute atomic E-state index is 13.2. The zero-order valence-corrected chi connectivity index (χ0v) is 8.88. The summed E-state index contributed by atoms with van der Waals surface area (Å²) < 4.78 is 13.2. The van der Waals surface area contributed by atoms with E-state index in [1.54, 1.807) is 18.2 Å². The summed E-state index contributed by atoms with van der Waals surface area (Å²) in [5.74, 6) is -0.344. The molecule has 1 unspecified atom stereocenters. The summed E-state index contributed by atoms with van der Waals surface area (Å²) in [6.07, 6.45) is -0.884. The van der Waals surface area contributed by atoms with Crippen LogP contribution in [0.3, 0.4) is 0 Å². The lowest BCUT2D eigenvalue weighted by Gasteiger charge is -2.17. The lowest BCUT2D eigenvalue weighted by molar-refractivity contribution is 0.209. The van der Waals surface area contributed by atoms with Crippen molar-refractivity contribution in [2.45, 2.75) is 18.6 Å². The molecule has 0 aliphatic carbocycles. The van der Waals surface area contributed by atoms with Crippen molar-refractivity contribution in [3.63, 3.8) is 0 Å². The van der Waals surface area contributed by atoms with Crippen LogP contribution in [0, 0.1) is 5.82 Å². The first kappa shape index (κ1) is 12.0. The van der Waals surface area contributed by atoms with Crippen molar-refractivity contribution >= 4 is 17.2 Å². The summed E-state index contributed by atoms with van der Waals surface area (Å²) in [7, 11) is 0. The molecule has 82 valence electrons. The van der Waals surface area contributed by atoms with E-state index in [4.69, 9.17) is 11.5 Å². The summed E-state index contributed by atoms with van der Waals surface area (Å²) in [6.45, 7) is 0. The van der Waals surface area contributed by atoms with Gasteiger partial charge in [0.15, 0.2) is 0 Å². The van der Waals surface area contributed by atoms with Gasteiger partial charge in [-0.1, -0.05) is 30.4 Å². The highest BCUT2D eigenvalue weighted by Gasteiger charge is 2.18. The Kier molecular flexibility index (Phi) is 4.14. The summed E-state index contributed by atoms with van der Waals surface area (Å²) >= 11 is 4.60. The first-order valence-electron chi connectivity index (χ1n) is 4.48. The van der Waals surface area contributed by atoms with Gasteiger partial charge in [-0.05, 0) is 18.1 Å². The predicted octanol–water partition coefficient (Wildman–Crippen LogP) is 0.342. The molecule has 0 radical (unpaired) electrons. The minimum absolute atomic E-state index is 0.0705. The molecule has 0 fully saturated rings. The summed E-state index contributed by atoms with van der Waals surface area (Å²) in [6, 6.07) is 5.57. The molecule has 0 heterocycles. The second kappa shape index (κ2) is 5.16. The molecule has 15 heavy (non-hydrogen) atoms. The van der Waals surface area contributed by atoms with Gasteiger partial charge in [0.25, 0.3) is 0 Å². The third-order valence-corrected chi connectivity index (χ3v) is 2.35. The molecule has 0 amide bonds. The van der Waals surface area contributed by atoms with Gasteiger partial charge in [0.1, 0.15) is 16.9 Å². The van der Waals surface area contributed by atoms with Crippen LogP contribution in [0.1, 0.15) is 5.56 Å². The Labute approximate surface area is 92.9 Å². The van der Waals surface area contributed by atoms with Crippen LogP contribution in [0.5, 0.6) is 0 Å². The maximum Gasteiger partial charge on any atom is 0.126 e. The number of benzene rings is 1. The number of aliphatic hydroxyl groups is 1. The highest BCUT2D eigenvalue weighted by atomic mass is 32.1. The van der Waals surface area contributed by atoms with Gasteiger partial charge >= 0.3 is 0 Å². The Bertz CT molecular complexity index is 359. The van der Waals surface area contributed by atoms with Crippen molar-refractivity contribution in [1.82, 2.24) is 0 Å². The molecule has 0 saturated carbocycles. The first-order chi connectivity index (χ1) is 7.02. The second-order valence-electron chi connectivity index (χ2n) is 3.31. The quantitative estimate of drug-likeness (QED) is 0.650. The number of thiocarbonyl (C=S) groups is 1. The monoisotopic (exact) mass is 228 g/mol. The van der Waals surface area contributed by atoms with Crippen LogP contribution in [0.2, 0.25) is 0 Å². The van der Waals surface area contributed by atoms with Crippen LogP contribution in [0.4, 0.5) is 4.39 Å². The van der Waals surface area contributed by atoms with Gasteiger partial charge in [-0.2, -0.15) is 0 Å². The van der Waals surface area contributed by atoms with Crippen LogP contribution in [-0.2, 0) is 6.42 Å². The van der Waals surface area contributed by atoms with E-state index in [1.807, 2.05) is 0 Å². The molecular formula is C10H13FN2OS. The van der Waals surface area contributed by atoms with E-state index < -0.39 is 12.1 Å². The standard InChI is InChI=1S/C10H13FN2OS/c11-7-4-2-1-3-6(7)5-8(12)9(14)10(13)15/h1-4,8-9,14H,5,12H2,(H2,13,15)/t8-,9?/m0/s1. The molecule has 0 spiro atoms. The van der Waals surface area contributed by atoms with Gasteiger partial charge in [0.05, 0.1) is 0 Å². The van der Waals surface area contributed by atoms with Crippen LogP contribution < -0.4 is 11.5 Å². The molecule has 5 N–H and O–H groups in total. The molecule has 5 heteroatoms. The zero-order valence-electron chi connectivity index (χ0n) is 8.06. The van der Waals surface area contributed by atoms with Gasteiger partial charge in [0, 0.05) is 6.04 Å². The predicted molar refractivity (Wildman–Crippen MR) is 60.9 cm³/mol. The minimum atomic E-state index is -1.08. The number of hydrogen-bond acceptors (Lipinski definition) is 3. The maximum atomic E-state index is 13.2. The van der Waals surface area contributed by atoms with Gasteiger partial charge in [0.2, 0.25) is 0 Å². The third-order valence-electron chi connectivity index (χ3n) is 2.11. The van der Waals surface area contributed by atoms with Gasteiger partial charge in [-0.25, -0.2) is 4.39 Å².